The molecule has 0 saturated carbocycles. The second-order valence-electron chi connectivity index (χ2n) is 4.63. The third-order valence-corrected chi connectivity index (χ3v) is 4.74. The molecule has 20 heavy (non-hydrogen) atoms. The summed E-state index contributed by atoms with van der Waals surface area (Å²) in [5.41, 5.74) is 1.20. The van der Waals surface area contributed by atoms with Gasteiger partial charge in [-0.05, 0) is 31.3 Å². The van der Waals surface area contributed by atoms with Gasteiger partial charge < -0.3 is 9.67 Å². The quantitative estimate of drug-likeness (QED) is 0.500. The van der Waals surface area contributed by atoms with Crippen LogP contribution in [0.1, 0.15) is 38.3 Å². The number of imidazole rings is 1. The molecule has 0 saturated heterocycles. The van der Waals surface area contributed by atoms with Gasteiger partial charge in [-0.25, -0.2) is 4.98 Å². The maximum atomic E-state index is 10.7. The minimum absolute atomic E-state index is 0.0773. The van der Waals surface area contributed by atoms with Gasteiger partial charge in [0.25, 0.3) is 0 Å². The fourth-order valence-corrected chi connectivity index (χ4v) is 3.26. The van der Waals surface area contributed by atoms with Crippen molar-refractivity contribution in [1.29, 1.82) is 0 Å². The Hall–Kier alpha value is -0.620. The zero-order valence-corrected chi connectivity index (χ0v) is 13.9. The van der Waals surface area contributed by atoms with Crippen molar-refractivity contribution in [2.45, 2.75) is 50.7 Å². The highest BCUT2D eigenvalue weighted by atomic mass is 32.2. The maximum Gasteiger partial charge on any atom is 0.313 e. The molecular formula is C14H24N2O2S2. The van der Waals surface area contributed by atoms with E-state index in [0.717, 1.165) is 24.5 Å². The Morgan fingerprint density at radius 3 is 2.75 bits per heavy atom. The van der Waals surface area contributed by atoms with E-state index in [-0.39, 0.29) is 5.75 Å². The zero-order valence-electron chi connectivity index (χ0n) is 12.3. The number of carboxylic acids is 1. The number of nitrogens with zero attached hydrogens (tertiary/aromatic N) is 2. The Kier molecular flexibility index (Phi) is 8.85. The standard InChI is InChI=1S/C14H24N2O2S2/c1-3-12-10-15-14(20-11-13(17)18)16(12)8-6-4-5-7-9-19-2/h10H,3-9,11H2,1-2H3,(H,17,18). The highest BCUT2D eigenvalue weighted by Gasteiger charge is 2.10. The third-order valence-electron chi connectivity index (χ3n) is 3.07. The van der Waals surface area contributed by atoms with Crippen LogP contribution in [-0.2, 0) is 17.8 Å². The number of unbranched alkanes of at least 4 members (excludes halogenated alkanes) is 3. The van der Waals surface area contributed by atoms with E-state index < -0.39 is 5.97 Å². The first-order valence-corrected chi connectivity index (χ1v) is 9.45. The normalized spacial score (nSPS) is 10.9. The van der Waals surface area contributed by atoms with Gasteiger partial charge in [-0.15, -0.1) is 0 Å². The molecule has 1 aromatic rings. The van der Waals surface area contributed by atoms with Gasteiger partial charge >= 0.3 is 5.97 Å². The number of hydrogen-bond donors (Lipinski definition) is 1. The molecule has 1 heterocycles. The van der Waals surface area contributed by atoms with Crippen molar-refractivity contribution in [2.24, 2.45) is 0 Å². The summed E-state index contributed by atoms with van der Waals surface area (Å²) in [6, 6.07) is 0. The van der Waals surface area contributed by atoms with Crippen LogP contribution < -0.4 is 0 Å². The average Bonchev–Trinajstić information content (AvgIpc) is 2.82. The van der Waals surface area contributed by atoms with E-state index in [1.165, 1.54) is 42.5 Å². The second kappa shape index (κ2) is 10.2. The molecule has 0 atom stereocenters. The van der Waals surface area contributed by atoms with Gasteiger partial charge in [-0.2, -0.15) is 11.8 Å². The summed E-state index contributed by atoms with van der Waals surface area (Å²) in [4.78, 5) is 15.0. The van der Waals surface area contributed by atoms with E-state index in [9.17, 15) is 4.79 Å². The molecule has 0 bridgehead atoms. The highest BCUT2D eigenvalue weighted by Crippen LogP contribution is 2.20. The summed E-state index contributed by atoms with van der Waals surface area (Å²) >= 11 is 3.21. The minimum atomic E-state index is -0.792. The number of aliphatic carboxylic acids is 1. The summed E-state index contributed by atoms with van der Waals surface area (Å²) in [6.45, 7) is 3.06. The minimum Gasteiger partial charge on any atom is -0.481 e. The molecule has 1 rings (SSSR count). The van der Waals surface area contributed by atoms with Crippen LogP contribution in [0.5, 0.6) is 0 Å². The largest absolute Gasteiger partial charge is 0.481 e. The molecule has 1 N–H and O–H groups in total. The summed E-state index contributed by atoms with van der Waals surface area (Å²) in [5, 5.41) is 9.61. The Bertz CT molecular complexity index is 408. The molecular weight excluding hydrogens is 292 g/mol. The van der Waals surface area contributed by atoms with Crippen molar-refractivity contribution in [3.8, 4) is 0 Å². The summed E-state index contributed by atoms with van der Waals surface area (Å²) in [7, 11) is 0. The number of carboxylic acid groups (broad SMARTS) is 1. The van der Waals surface area contributed by atoms with Crippen molar-refractivity contribution in [2.75, 3.05) is 17.8 Å². The lowest BCUT2D eigenvalue weighted by Crippen LogP contribution is -2.06. The predicted molar refractivity (Wildman–Crippen MR) is 86.8 cm³/mol. The molecule has 0 fully saturated rings. The molecule has 1 aromatic heterocycles. The van der Waals surface area contributed by atoms with Crippen LogP contribution in [0.4, 0.5) is 0 Å². The van der Waals surface area contributed by atoms with Gasteiger partial charge in [-0.1, -0.05) is 31.5 Å². The molecule has 114 valence electrons. The van der Waals surface area contributed by atoms with Crippen LogP contribution in [-0.4, -0.2) is 38.4 Å². The summed E-state index contributed by atoms with van der Waals surface area (Å²) < 4.78 is 2.18. The van der Waals surface area contributed by atoms with Crippen LogP contribution in [0.3, 0.4) is 0 Å². The third kappa shape index (κ3) is 6.22. The summed E-state index contributed by atoms with van der Waals surface area (Å²) in [5.74, 6) is 0.526. The summed E-state index contributed by atoms with van der Waals surface area (Å²) in [6.07, 6.45) is 9.88. The van der Waals surface area contributed by atoms with Gasteiger partial charge in [0.1, 0.15) is 0 Å². The van der Waals surface area contributed by atoms with Gasteiger partial charge in [-0.3, -0.25) is 4.79 Å². The Morgan fingerprint density at radius 2 is 2.10 bits per heavy atom. The molecule has 0 aliphatic carbocycles. The fraction of sp³-hybridized carbons (Fsp3) is 0.714. The SMILES string of the molecule is CCc1cnc(SCC(=O)O)n1CCCCCCSC. The smallest absolute Gasteiger partial charge is 0.313 e. The predicted octanol–water partition coefficient (Wildman–Crippen LogP) is 3.55. The maximum absolute atomic E-state index is 10.7. The molecule has 0 radical (unpaired) electrons. The number of hydrogen-bond acceptors (Lipinski definition) is 4. The topological polar surface area (TPSA) is 55.1 Å². The van der Waals surface area contributed by atoms with Crippen molar-refractivity contribution in [3.63, 3.8) is 0 Å². The fourth-order valence-electron chi connectivity index (χ4n) is 2.02. The number of carbonyl (C=O) groups is 1. The van der Waals surface area contributed by atoms with E-state index in [2.05, 4.69) is 22.7 Å². The Morgan fingerprint density at radius 1 is 1.35 bits per heavy atom. The van der Waals surface area contributed by atoms with E-state index in [1.807, 2.05) is 18.0 Å². The molecule has 0 unspecified atom stereocenters. The van der Waals surface area contributed by atoms with Gasteiger partial charge in [0.05, 0.1) is 5.75 Å². The van der Waals surface area contributed by atoms with E-state index >= 15 is 0 Å². The second-order valence-corrected chi connectivity index (χ2v) is 6.55. The molecule has 0 aromatic carbocycles. The number of aryl methyl sites for hydroxylation is 1. The first-order chi connectivity index (χ1) is 9.69. The number of aromatic nitrogens is 2. The molecule has 6 heteroatoms. The number of rotatable bonds is 11. The first-order valence-electron chi connectivity index (χ1n) is 7.07. The van der Waals surface area contributed by atoms with Crippen LogP contribution in [0.15, 0.2) is 11.4 Å². The van der Waals surface area contributed by atoms with Crippen molar-refractivity contribution < 1.29 is 9.90 Å². The monoisotopic (exact) mass is 316 g/mol. The van der Waals surface area contributed by atoms with Crippen LogP contribution >= 0.6 is 23.5 Å². The van der Waals surface area contributed by atoms with E-state index in [4.69, 9.17) is 5.11 Å². The van der Waals surface area contributed by atoms with Crippen molar-refractivity contribution in [3.05, 3.63) is 11.9 Å². The number of thioether (sulfide) groups is 2. The van der Waals surface area contributed by atoms with Gasteiger partial charge in [0.15, 0.2) is 5.16 Å². The molecule has 0 amide bonds. The van der Waals surface area contributed by atoms with Gasteiger partial charge in [0, 0.05) is 18.4 Å². The Labute approximate surface area is 129 Å². The lowest BCUT2D eigenvalue weighted by Gasteiger charge is -2.10. The highest BCUT2D eigenvalue weighted by molar-refractivity contribution is 7.99. The van der Waals surface area contributed by atoms with E-state index in [1.54, 1.807) is 0 Å². The van der Waals surface area contributed by atoms with Crippen molar-refractivity contribution in [1.82, 2.24) is 9.55 Å². The lowest BCUT2D eigenvalue weighted by atomic mass is 10.2. The van der Waals surface area contributed by atoms with Crippen LogP contribution in [0, 0.1) is 0 Å². The molecule has 0 aliphatic heterocycles. The molecule has 4 nitrogen and oxygen atoms in total. The average molecular weight is 316 g/mol. The Balaban J connectivity index is 2.44. The molecule has 0 spiro atoms. The van der Waals surface area contributed by atoms with Gasteiger partial charge in [0.2, 0.25) is 0 Å². The zero-order chi connectivity index (χ0) is 14.8. The first kappa shape index (κ1) is 17.4. The van der Waals surface area contributed by atoms with Crippen LogP contribution in [0.2, 0.25) is 0 Å². The van der Waals surface area contributed by atoms with Crippen LogP contribution in [0.25, 0.3) is 0 Å². The molecule has 0 aliphatic rings. The van der Waals surface area contributed by atoms with E-state index in [0.29, 0.717) is 0 Å². The lowest BCUT2D eigenvalue weighted by molar-refractivity contribution is -0.133. The van der Waals surface area contributed by atoms with Crippen molar-refractivity contribution >= 4 is 29.5 Å².